The Morgan fingerprint density at radius 1 is 2.00 bits per heavy atom. The van der Waals surface area contributed by atoms with Crippen molar-refractivity contribution >= 4 is 12.6 Å². The van der Waals surface area contributed by atoms with Crippen LogP contribution in [-0.4, -0.2) is 3.97 Å². The molecule has 0 aromatic rings. The Bertz CT molecular complexity index is 8.00. The van der Waals surface area contributed by atoms with Gasteiger partial charge in [0.2, 0.25) is 0 Å². The molecule has 0 unspecified atom stereocenters. The molecule has 0 heterocycles. The topological polar surface area (TPSA) is 0 Å². The van der Waals surface area contributed by atoms with Crippen molar-refractivity contribution < 1.29 is 19.8 Å². The third kappa shape index (κ3) is 3.09. The van der Waals surface area contributed by atoms with E-state index >= 15 is 0 Å². The van der Waals surface area contributed by atoms with E-state index in [1.54, 1.807) is 0 Å². The van der Waals surface area contributed by atoms with Gasteiger partial charge in [-0.25, -0.2) is 0 Å². The molecule has 0 atom stereocenters. The van der Waals surface area contributed by atoms with Gasteiger partial charge in [0.15, 0.2) is 0 Å². The Morgan fingerprint density at radius 3 is 2.25 bits per heavy atom. The molecule has 0 saturated carbocycles. The molecule has 0 amide bonds. The molecule has 4 heavy (non-hydrogen) atoms. The minimum atomic E-state index is 0.0201. The van der Waals surface area contributed by atoms with E-state index in [-0.39, 0.29) is 19.8 Å². The monoisotopic (exact) mass is 243 g/mol. The first-order valence-corrected chi connectivity index (χ1v) is 7.20. The molecular weight excluding hydrogens is 237 g/mol. The van der Waals surface area contributed by atoms with E-state index in [9.17, 15) is 0 Å². The fourth-order valence-electron chi connectivity index (χ4n) is 0. The molecular formula is C2H6STa. The first-order valence-electron chi connectivity index (χ1n) is 1.08. The SMILES string of the molecule is [CH3][Ta][CH2]S. The summed E-state index contributed by atoms with van der Waals surface area (Å²) in [4.78, 5) is 0. The molecule has 0 rings (SSSR count). The van der Waals surface area contributed by atoms with E-state index < -0.39 is 0 Å². The van der Waals surface area contributed by atoms with Gasteiger partial charge < -0.3 is 0 Å². The van der Waals surface area contributed by atoms with Crippen molar-refractivity contribution in [1.29, 1.82) is 0 Å². The molecule has 0 aliphatic heterocycles. The summed E-state index contributed by atoms with van der Waals surface area (Å²) in [5, 5.41) is 2.28. The van der Waals surface area contributed by atoms with Gasteiger partial charge in [-0.2, -0.15) is 0 Å². The van der Waals surface area contributed by atoms with Crippen LogP contribution in [0.25, 0.3) is 0 Å². The van der Waals surface area contributed by atoms with Crippen LogP contribution in [0.2, 0.25) is 5.14 Å². The van der Waals surface area contributed by atoms with Crippen molar-refractivity contribution in [3.8, 4) is 0 Å². The summed E-state index contributed by atoms with van der Waals surface area (Å²) in [6.07, 6.45) is 0. The molecule has 0 aliphatic rings. The predicted molar refractivity (Wildman–Crippen MR) is 19.7 cm³/mol. The molecule has 2 heteroatoms. The molecule has 0 aromatic carbocycles. The van der Waals surface area contributed by atoms with Crippen molar-refractivity contribution in [3.05, 3.63) is 0 Å². The third-order valence-electron chi connectivity index (χ3n) is 0.141. The zero-order valence-corrected chi connectivity index (χ0v) is 6.71. The summed E-state index contributed by atoms with van der Waals surface area (Å²) < 4.78 is 1.19. The Kier molecular flexibility index (Phi) is 5.21. The van der Waals surface area contributed by atoms with Crippen molar-refractivity contribution in [2.45, 2.75) is 5.14 Å². The third-order valence-corrected chi connectivity index (χ3v) is 3.47. The van der Waals surface area contributed by atoms with E-state index in [1.807, 2.05) is 0 Å². The minimum absolute atomic E-state index is 0.0201. The predicted octanol–water partition coefficient (Wildman–Crippen LogP) is 1.00. The number of hydrogen-bond donors (Lipinski definition) is 1. The molecule has 0 nitrogen and oxygen atoms in total. The first-order chi connectivity index (χ1) is 1.91. The van der Waals surface area contributed by atoms with Gasteiger partial charge in [-0.15, -0.1) is 0 Å². The van der Waals surface area contributed by atoms with Gasteiger partial charge >= 0.3 is 41.5 Å². The normalized spacial score (nSPS) is 6.50. The Morgan fingerprint density at radius 2 is 2.25 bits per heavy atom. The average Bonchev–Trinajstić information content (AvgIpc) is 1.37. The van der Waals surface area contributed by atoms with Crippen LogP contribution in [0.4, 0.5) is 0 Å². The van der Waals surface area contributed by atoms with Crippen LogP contribution in [-0.2, 0) is 19.8 Å². The van der Waals surface area contributed by atoms with Crippen LogP contribution in [0.3, 0.4) is 0 Å². The van der Waals surface area contributed by atoms with Crippen molar-refractivity contribution in [3.63, 3.8) is 0 Å². The molecule has 25 valence electrons. The van der Waals surface area contributed by atoms with E-state index in [0.717, 1.165) is 0 Å². The van der Waals surface area contributed by atoms with Gasteiger partial charge in [0.05, 0.1) is 0 Å². The number of hydrogen-bond acceptors (Lipinski definition) is 1. The van der Waals surface area contributed by atoms with Gasteiger partial charge in [0.25, 0.3) is 0 Å². The summed E-state index contributed by atoms with van der Waals surface area (Å²) in [5.74, 6) is 0. The van der Waals surface area contributed by atoms with Crippen molar-refractivity contribution in [2.75, 3.05) is 3.97 Å². The van der Waals surface area contributed by atoms with Gasteiger partial charge in [0.1, 0.15) is 0 Å². The van der Waals surface area contributed by atoms with Crippen LogP contribution in [0.5, 0.6) is 0 Å². The van der Waals surface area contributed by atoms with Gasteiger partial charge in [-0.05, 0) is 0 Å². The Hall–Kier alpha value is 1.09. The quantitative estimate of drug-likeness (QED) is 0.653. The van der Waals surface area contributed by atoms with Crippen LogP contribution in [0.15, 0.2) is 0 Å². The summed E-state index contributed by atoms with van der Waals surface area (Å²) in [6, 6.07) is 0. The number of thiol groups is 1. The van der Waals surface area contributed by atoms with Crippen LogP contribution >= 0.6 is 12.6 Å². The van der Waals surface area contributed by atoms with Crippen LogP contribution < -0.4 is 0 Å². The van der Waals surface area contributed by atoms with E-state index in [2.05, 4.69) is 17.8 Å². The molecule has 0 N–H and O–H groups in total. The van der Waals surface area contributed by atoms with Crippen LogP contribution in [0.1, 0.15) is 0 Å². The fraction of sp³-hybridized carbons (Fsp3) is 1.00. The van der Waals surface area contributed by atoms with Crippen molar-refractivity contribution in [1.82, 2.24) is 0 Å². The second-order valence-corrected chi connectivity index (χ2v) is 6.06. The van der Waals surface area contributed by atoms with Gasteiger partial charge in [0, 0.05) is 0 Å². The molecule has 0 bridgehead atoms. The van der Waals surface area contributed by atoms with E-state index in [0.29, 0.717) is 0 Å². The number of rotatable bonds is 1. The molecule has 0 aliphatic carbocycles. The molecule has 0 spiro atoms. The molecule has 0 radical (unpaired) electrons. The van der Waals surface area contributed by atoms with Gasteiger partial charge in [-0.3, -0.25) is 0 Å². The maximum atomic E-state index is 4.00. The summed E-state index contributed by atoms with van der Waals surface area (Å²) in [5.41, 5.74) is 0. The first kappa shape index (κ1) is 5.09. The van der Waals surface area contributed by atoms with E-state index in [1.165, 1.54) is 3.97 Å². The zero-order chi connectivity index (χ0) is 3.41. The molecule has 0 fully saturated rings. The summed E-state index contributed by atoms with van der Waals surface area (Å²) >= 11 is 4.02. The standard InChI is InChI=1S/CH3S.CH3.Ta/c1-2;;/h2H,1H2;1H3;. The second kappa shape index (κ2) is 4.09. The molecule has 0 saturated heterocycles. The summed E-state index contributed by atoms with van der Waals surface area (Å²) in [7, 11) is 0. The summed E-state index contributed by atoms with van der Waals surface area (Å²) in [6.45, 7) is 0. The fourth-order valence-corrected chi connectivity index (χ4v) is 0. The second-order valence-electron chi connectivity index (χ2n) is 0.458. The zero-order valence-electron chi connectivity index (χ0n) is 2.60. The Balaban J connectivity index is 1.97. The average molecular weight is 243 g/mol. The maximum absolute atomic E-state index is 4.00. The van der Waals surface area contributed by atoms with Crippen molar-refractivity contribution in [2.24, 2.45) is 0 Å². The van der Waals surface area contributed by atoms with E-state index in [4.69, 9.17) is 0 Å². The van der Waals surface area contributed by atoms with Gasteiger partial charge in [-0.1, -0.05) is 0 Å². The molecule has 0 aromatic heterocycles. The van der Waals surface area contributed by atoms with Crippen LogP contribution in [0, 0.1) is 0 Å². The Labute approximate surface area is 41.7 Å².